The van der Waals surface area contributed by atoms with Crippen LogP contribution >= 0.6 is 0 Å². The summed E-state index contributed by atoms with van der Waals surface area (Å²) in [5, 5.41) is 3.25. The summed E-state index contributed by atoms with van der Waals surface area (Å²) < 4.78 is 0. The van der Waals surface area contributed by atoms with Crippen LogP contribution in [0, 0.1) is 0 Å². The summed E-state index contributed by atoms with van der Waals surface area (Å²) in [6.07, 6.45) is 17.9. The van der Waals surface area contributed by atoms with Gasteiger partial charge in [0, 0.05) is 6.42 Å². The third-order valence-electron chi connectivity index (χ3n) is 6.08. The molecule has 2 heteroatoms. The molecule has 170 valence electrons. The first-order valence-electron chi connectivity index (χ1n) is 12.7. The van der Waals surface area contributed by atoms with Crippen molar-refractivity contribution in [3.05, 3.63) is 71.8 Å². The summed E-state index contributed by atoms with van der Waals surface area (Å²) in [6, 6.07) is 20.4. The average molecular weight is 422 g/mol. The molecule has 31 heavy (non-hydrogen) atoms. The monoisotopic (exact) mass is 421 g/mol. The van der Waals surface area contributed by atoms with Crippen LogP contribution in [0.4, 0.5) is 0 Å². The van der Waals surface area contributed by atoms with Crippen LogP contribution in [-0.2, 0) is 4.79 Å². The van der Waals surface area contributed by atoms with Gasteiger partial charge in [0.05, 0.1) is 6.04 Å². The van der Waals surface area contributed by atoms with E-state index in [9.17, 15) is 4.79 Å². The van der Waals surface area contributed by atoms with Crippen LogP contribution in [-0.4, -0.2) is 5.91 Å². The van der Waals surface area contributed by atoms with E-state index in [1.54, 1.807) is 0 Å². The Kier molecular flexibility index (Phi) is 13.5. The summed E-state index contributed by atoms with van der Waals surface area (Å²) in [7, 11) is 0. The van der Waals surface area contributed by atoms with Crippen molar-refractivity contribution >= 4 is 5.91 Å². The molecule has 0 unspecified atom stereocenters. The SMILES string of the molecule is CCCCCCCCCCCCCCCC(=O)NC(c1ccccc1)c1ccccc1. The van der Waals surface area contributed by atoms with Crippen molar-refractivity contribution in [2.75, 3.05) is 0 Å². The highest BCUT2D eigenvalue weighted by Gasteiger charge is 2.16. The molecule has 0 fully saturated rings. The molecule has 0 saturated heterocycles. The Morgan fingerprint density at radius 1 is 0.613 bits per heavy atom. The Morgan fingerprint density at radius 3 is 1.42 bits per heavy atom. The van der Waals surface area contributed by atoms with Gasteiger partial charge in [-0.25, -0.2) is 0 Å². The predicted octanol–water partition coefficient (Wildman–Crippen LogP) is 8.37. The van der Waals surface area contributed by atoms with Gasteiger partial charge in [-0.1, -0.05) is 145 Å². The van der Waals surface area contributed by atoms with Gasteiger partial charge < -0.3 is 5.32 Å². The number of hydrogen-bond acceptors (Lipinski definition) is 1. The van der Waals surface area contributed by atoms with E-state index in [-0.39, 0.29) is 11.9 Å². The number of benzene rings is 2. The topological polar surface area (TPSA) is 29.1 Å². The first-order valence-corrected chi connectivity index (χ1v) is 12.7. The molecular formula is C29H43NO. The maximum atomic E-state index is 12.6. The minimum atomic E-state index is -0.0723. The third-order valence-corrected chi connectivity index (χ3v) is 6.08. The van der Waals surface area contributed by atoms with Gasteiger partial charge >= 0.3 is 0 Å². The van der Waals surface area contributed by atoms with Crippen molar-refractivity contribution in [1.82, 2.24) is 5.32 Å². The predicted molar refractivity (Wildman–Crippen MR) is 133 cm³/mol. The zero-order valence-electron chi connectivity index (χ0n) is 19.7. The number of carbonyl (C=O) groups is 1. The number of nitrogens with one attached hydrogen (secondary N) is 1. The molecule has 0 saturated carbocycles. The lowest BCUT2D eigenvalue weighted by Crippen LogP contribution is -2.29. The van der Waals surface area contributed by atoms with Gasteiger partial charge in [-0.15, -0.1) is 0 Å². The normalized spacial score (nSPS) is 11.0. The van der Waals surface area contributed by atoms with Crippen molar-refractivity contribution in [2.45, 2.75) is 103 Å². The molecule has 0 bridgehead atoms. The quantitative estimate of drug-likeness (QED) is 0.255. The largest absolute Gasteiger partial charge is 0.345 e. The maximum absolute atomic E-state index is 12.6. The Hall–Kier alpha value is -2.09. The van der Waals surface area contributed by atoms with Crippen LogP contribution in [0.25, 0.3) is 0 Å². The Labute approximate surface area is 190 Å². The van der Waals surface area contributed by atoms with Crippen LogP contribution < -0.4 is 5.32 Å². The van der Waals surface area contributed by atoms with Gasteiger partial charge in [0.2, 0.25) is 5.91 Å². The highest BCUT2D eigenvalue weighted by molar-refractivity contribution is 5.77. The van der Waals surface area contributed by atoms with E-state index in [4.69, 9.17) is 0 Å². The fourth-order valence-electron chi connectivity index (χ4n) is 4.19. The van der Waals surface area contributed by atoms with E-state index in [1.807, 2.05) is 36.4 Å². The van der Waals surface area contributed by atoms with Gasteiger partial charge in [0.25, 0.3) is 0 Å². The summed E-state index contributed by atoms with van der Waals surface area (Å²) in [6.45, 7) is 2.28. The zero-order valence-corrected chi connectivity index (χ0v) is 19.7. The Balaban J connectivity index is 1.56. The highest BCUT2D eigenvalue weighted by Crippen LogP contribution is 2.22. The number of rotatable bonds is 17. The molecule has 2 aromatic carbocycles. The summed E-state index contributed by atoms with van der Waals surface area (Å²) in [4.78, 5) is 12.6. The second-order valence-electron chi connectivity index (χ2n) is 8.81. The number of carbonyl (C=O) groups excluding carboxylic acids is 1. The molecular weight excluding hydrogens is 378 g/mol. The van der Waals surface area contributed by atoms with E-state index in [0.717, 1.165) is 24.0 Å². The van der Waals surface area contributed by atoms with Crippen molar-refractivity contribution in [3.8, 4) is 0 Å². The van der Waals surface area contributed by atoms with Crippen LogP contribution in [0.5, 0.6) is 0 Å². The Morgan fingerprint density at radius 2 is 1.00 bits per heavy atom. The first kappa shape index (κ1) is 25.2. The van der Waals surface area contributed by atoms with Gasteiger partial charge in [-0.05, 0) is 17.5 Å². The Bertz CT molecular complexity index is 643. The molecule has 1 amide bonds. The third kappa shape index (κ3) is 11.2. The second kappa shape index (κ2) is 16.6. The summed E-state index contributed by atoms with van der Waals surface area (Å²) in [5.41, 5.74) is 2.26. The molecule has 0 atom stereocenters. The van der Waals surface area contributed by atoms with Crippen molar-refractivity contribution in [2.24, 2.45) is 0 Å². The minimum absolute atomic E-state index is 0.0723. The van der Waals surface area contributed by atoms with E-state index in [0.29, 0.717) is 6.42 Å². The number of hydrogen-bond donors (Lipinski definition) is 1. The average Bonchev–Trinajstić information content (AvgIpc) is 2.81. The zero-order chi connectivity index (χ0) is 22.0. The molecule has 0 aliphatic carbocycles. The molecule has 0 radical (unpaired) electrons. The smallest absolute Gasteiger partial charge is 0.220 e. The lowest BCUT2D eigenvalue weighted by molar-refractivity contribution is -0.121. The molecule has 0 heterocycles. The molecule has 0 aliphatic rings. The van der Waals surface area contributed by atoms with Crippen molar-refractivity contribution < 1.29 is 4.79 Å². The lowest BCUT2D eigenvalue weighted by atomic mass is 9.98. The van der Waals surface area contributed by atoms with Gasteiger partial charge in [-0.2, -0.15) is 0 Å². The molecule has 2 aromatic rings. The maximum Gasteiger partial charge on any atom is 0.220 e. The van der Waals surface area contributed by atoms with E-state index >= 15 is 0 Å². The van der Waals surface area contributed by atoms with Crippen LogP contribution in [0.15, 0.2) is 60.7 Å². The fraction of sp³-hybridized carbons (Fsp3) is 0.552. The van der Waals surface area contributed by atoms with Gasteiger partial charge in [0.1, 0.15) is 0 Å². The summed E-state index contributed by atoms with van der Waals surface area (Å²) >= 11 is 0. The fourth-order valence-corrected chi connectivity index (χ4v) is 4.19. The lowest BCUT2D eigenvalue weighted by Gasteiger charge is -2.20. The minimum Gasteiger partial charge on any atom is -0.345 e. The van der Waals surface area contributed by atoms with Gasteiger partial charge in [0.15, 0.2) is 0 Å². The molecule has 1 N–H and O–H groups in total. The molecule has 0 aromatic heterocycles. The summed E-state index contributed by atoms with van der Waals surface area (Å²) in [5.74, 6) is 0.153. The molecule has 2 rings (SSSR count). The van der Waals surface area contributed by atoms with Crippen LogP contribution in [0.1, 0.15) is 114 Å². The van der Waals surface area contributed by atoms with E-state index in [1.165, 1.54) is 70.6 Å². The standard InChI is InChI=1S/C29H43NO/c1-2-3-4-5-6-7-8-9-10-11-12-13-20-25-28(31)30-29(26-21-16-14-17-22-26)27-23-18-15-19-24-27/h14-19,21-24,29H,2-13,20,25H2,1H3,(H,30,31). The molecule has 0 spiro atoms. The number of unbranched alkanes of at least 4 members (excludes halogenated alkanes) is 12. The highest BCUT2D eigenvalue weighted by atomic mass is 16.1. The first-order chi connectivity index (χ1) is 15.3. The van der Waals surface area contributed by atoms with Crippen LogP contribution in [0.3, 0.4) is 0 Å². The number of amides is 1. The van der Waals surface area contributed by atoms with Crippen molar-refractivity contribution in [1.29, 1.82) is 0 Å². The van der Waals surface area contributed by atoms with E-state index in [2.05, 4.69) is 36.5 Å². The van der Waals surface area contributed by atoms with Gasteiger partial charge in [-0.3, -0.25) is 4.79 Å². The van der Waals surface area contributed by atoms with Crippen LogP contribution in [0.2, 0.25) is 0 Å². The van der Waals surface area contributed by atoms with Crippen molar-refractivity contribution in [3.63, 3.8) is 0 Å². The molecule has 2 nitrogen and oxygen atoms in total. The second-order valence-corrected chi connectivity index (χ2v) is 8.81. The molecule has 0 aliphatic heterocycles. The van der Waals surface area contributed by atoms with E-state index < -0.39 is 0 Å².